The summed E-state index contributed by atoms with van der Waals surface area (Å²) in [5.41, 5.74) is -0.351. The molecule has 0 spiro atoms. The summed E-state index contributed by atoms with van der Waals surface area (Å²) in [4.78, 5) is 12.8. The number of aliphatic hydroxyl groups is 1. The molecule has 4 rings (SSSR count). The SMILES string of the molecule is C[C@@]1(O)CC[C@H]2[C@H](CC[C@@H]3[C@@H]2CC[C@@]2(C)[C@H]3CC[C@]2(C)C(=O)CBr)C1. The number of ketones is 1. The molecule has 0 aromatic heterocycles. The summed E-state index contributed by atoms with van der Waals surface area (Å²) in [6.07, 6.45) is 10.7. The maximum atomic E-state index is 12.8. The average molecular weight is 411 g/mol. The van der Waals surface area contributed by atoms with Crippen LogP contribution in [0, 0.1) is 40.4 Å². The molecule has 0 unspecified atom stereocenters. The zero-order valence-corrected chi connectivity index (χ0v) is 17.8. The molecule has 0 amide bonds. The molecule has 142 valence electrons. The monoisotopic (exact) mass is 410 g/mol. The first kappa shape index (κ1) is 18.5. The van der Waals surface area contributed by atoms with Crippen molar-refractivity contribution < 1.29 is 9.90 Å². The number of alkyl halides is 1. The number of fused-ring (bicyclic) bond motifs is 5. The Labute approximate surface area is 161 Å². The lowest BCUT2D eigenvalue weighted by Crippen LogP contribution is -2.53. The normalized spacial score (nSPS) is 55.2. The highest BCUT2D eigenvalue weighted by atomic mass is 79.9. The maximum Gasteiger partial charge on any atom is 0.149 e. The predicted molar refractivity (Wildman–Crippen MR) is 105 cm³/mol. The lowest BCUT2D eigenvalue weighted by Gasteiger charge is -2.58. The van der Waals surface area contributed by atoms with Crippen molar-refractivity contribution in [3.05, 3.63) is 0 Å². The van der Waals surface area contributed by atoms with Crippen molar-refractivity contribution in [3.8, 4) is 0 Å². The summed E-state index contributed by atoms with van der Waals surface area (Å²) in [6.45, 7) is 6.75. The van der Waals surface area contributed by atoms with E-state index in [9.17, 15) is 9.90 Å². The van der Waals surface area contributed by atoms with Crippen LogP contribution in [0.15, 0.2) is 0 Å². The number of Topliss-reactive ketones (excluding diaryl/α,β-unsaturated/α-hetero) is 1. The van der Waals surface area contributed by atoms with Gasteiger partial charge in [-0.2, -0.15) is 0 Å². The lowest BCUT2D eigenvalue weighted by atomic mass is 9.47. The Hall–Kier alpha value is 0.110. The van der Waals surface area contributed by atoms with Gasteiger partial charge in [0.15, 0.2) is 0 Å². The molecule has 25 heavy (non-hydrogen) atoms. The minimum absolute atomic E-state index is 0.126. The van der Waals surface area contributed by atoms with Crippen LogP contribution in [0.25, 0.3) is 0 Å². The van der Waals surface area contributed by atoms with Crippen molar-refractivity contribution in [3.63, 3.8) is 0 Å². The third-order valence-electron chi connectivity index (χ3n) is 9.58. The molecule has 4 aliphatic rings. The smallest absolute Gasteiger partial charge is 0.149 e. The quantitative estimate of drug-likeness (QED) is 0.621. The van der Waals surface area contributed by atoms with Gasteiger partial charge in [0.1, 0.15) is 5.78 Å². The third-order valence-corrected chi connectivity index (χ3v) is 10.1. The molecule has 4 fully saturated rings. The number of hydrogen-bond donors (Lipinski definition) is 1. The van der Waals surface area contributed by atoms with Crippen LogP contribution in [0.2, 0.25) is 0 Å². The van der Waals surface area contributed by atoms with E-state index in [4.69, 9.17) is 0 Å². The summed E-state index contributed by atoms with van der Waals surface area (Å²) in [6, 6.07) is 0. The van der Waals surface area contributed by atoms with Gasteiger partial charge in [0.2, 0.25) is 0 Å². The largest absolute Gasteiger partial charge is 0.390 e. The first-order valence-electron chi connectivity index (χ1n) is 10.5. The van der Waals surface area contributed by atoms with Crippen molar-refractivity contribution >= 4 is 21.7 Å². The van der Waals surface area contributed by atoms with E-state index in [0.717, 1.165) is 48.9 Å². The molecule has 1 N–H and O–H groups in total. The van der Waals surface area contributed by atoms with Gasteiger partial charge in [0.25, 0.3) is 0 Å². The predicted octanol–water partition coefficient (Wildman–Crippen LogP) is 5.36. The van der Waals surface area contributed by atoms with E-state index in [1.54, 1.807) is 0 Å². The lowest BCUT2D eigenvalue weighted by molar-refractivity contribution is -0.141. The fraction of sp³-hybridized carbons (Fsp3) is 0.955. The van der Waals surface area contributed by atoms with E-state index in [1.165, 1.54) is 38.5 Å². The van der Waals surface area contributed by atoms with E-state index in [1.807, 2.05) is 6.92 Å². The highest BCUT2D eigenvalue weighted by Crippen LogP contribution is 2.68. The molecule has 0 aromatic rings. The molecular formula is C22H35BrO2. The van der Waals surface area contributed by atoms with E-state index < -0.39 is 5.60 Å². The Morgan fingerprint density at radius 1 is 0.960 bits per heavy atom. The first-order chi connectivity index (χ1) is 11.7. The van der Waals surface area contributed by atoms with E-state index in [0.29, 0.717) is 11.1 Å². The fourth-order valence-electron chi connectivity index (χ4n) is 7.95. The van der Waals surface area contributed by atoms with Crippen molar-refractivity contribution in [2.75, 3.05) is 5.33 Å². The molecule has 4 saturated carbocycles. The molecule has 2 nitrogen and oxygen atoms in total. The minimum Gasteiger partial charge on any atom is -0.390 e. The minimum atomic E-state index is -0.425. The summed E-state index contributed by atoms with van der Waals surface area (Å²) >= 11 is 3.45. The summed E-state index contributed by atoms with van der Waals surface area (Å²) in [5, 5.41) is 11.0. The van der Waals surface area contributed by atoms with Gasteiger partial charge in [-0.05, 0) is 99.7 Å². The van der Waals surface area contributed by atoms with Crippen LogP contribution < -0.4 is 0 Å². The highest BCUT2D eigenvalue weighted by molar-refractivity contribution is 9.09. The molecule has 4 aliphatic carbocycles. The first-order valence-corrected chi connectivity index (χ1v) is 11.7. The van der Waals surface area contributed by atoms with Crippen LogP contribution in [0.3, 0.4) is 0 Å². The molecule has 0 heterocycles. The Kier molecular flexibility index (Phi) is 4.47. The molecule has 0 aromatic carbocycles. The number of carbonyl (C=O) groups excluding carboxylic acids is 1. The van der Waals surface area contributed by atoms with Gasteiger partial charge >= 0.3 is 0 Å². The summed E-state index contributed by atoms with van der Waals surface area (Å²) in [5.74, 6) is 4.43. The van der Waals surface area contributed by atoms with E-state index in [2.05, 4.69) is 29.8 Å². The number of hydrogen-bond acceptors (Lipinski definition) is 2. The van der Waals surface area contributed by atoms with Gasteiger partial charge in [-0.1, -0.05) is 29.8 Å². The number of carbonyl (C=O) groups is 1. The molecule has 0 radical (unpaired) electrons. The van der Waals surface area contributed by atoms with Crippen LogP contribution in [0.4, 0.5) is 0 Å². The van der Waals surface area contributed by atoms with E-state index in [-0.39, 0.29) is 10.8 Å². The topological polar surface area (TPSA) is 37.3 Å². The Morgan fingerprint density at radius 3 is 2.40 bits per heavy atom. The standard InChI is InChI=1S/C22H35BrO2/c1-20(25)9-6-15-14(12-20)4-5-17-16(15)7-10-21(2)18(17)8-11-22(21,3)19(24)13-23/h14-18,25H,4-13H2,1-3H3/t14-,15+,16-,17-,18+,20-,21+,22-/m1/s1. The fourth-order valence-corrected chi connectivity index (χ4v) is 8.57. The number of rotatable bonds is 2. The van der Waals surface area contributed by atoms with Crippen LogP contribution >= 0.6 is 15.9 Å². The molecule has 0 aliphatic heterocycles. The summed E-state index contributed by atoms with van der Waals surface area (Å²) in [7, 11) is 0. The Bertz CT molecular complexity index is 558. The highest BCUT2D eigenvalue weighted by Gasteiger charge is 2.63. The van der Waals surface area contributed by atoms with Gasteiger partial charge in [-0.3, -0.25) is 4.79 Å². The summed E-state index contributed by atoms with van der Waals surface area (Å²) < 4.78 is 0. The Balaban J connectivity index is 1.58. The Morgan fingerprint density at radius 2 is 1.68 bits per heavy atom. The maximum absolute atomic E-state index is 12.8. The van der Waals surface area contributed by atoms with E-state index >= 15 is 0 Å². The second kappa shape index (κ2) is 6.06. The molecule has 0 saturated heterocycles. The van der Waals surface area contributed by atoms with Crippen molar-refractivity contribution in [2.24, 2.45) is 40.4 Å². The molecule has 0 bridgehead atoms. The van der Waals surface area contributed by atoms with Crippen LogP contribution in [0.5, 0.6) is 0 Å². The van der Waals surface area contributed by atoms with Gasteiger partial charge in [0, 0.05) is 5.41 Å². The zero-order chi connectivity index (χ0) is 18.0. The van der Waals surface area contributed by atoms with Crippen LogP contribution in [-0.4, -0.2) is 21.8 Å². The molecular weight excluding hydrogens is 376 g/mol. The van der Waals surface area contributed by atoms with Crippen molar-refractivity contribution in [1.29, 1.82) is 0 Å². The van der Waals surface area contributed by atoms with Gasteiger partial charge in [-0.25, -0.2) is 0 Å². The van der Waals surface area contributed by atoms with Gasteiger partial charge in [-0.15, -0.1) is 0 Å². The average Bonchev–Trinajstić information content (AvgIpc) is 2.85. The molecule has 8 atom stereocenters. The van der Waals surface area contributed by atoms with Crippen LogP contribution in [-0.2, 0) is 4.79 Å². The second-order valence-electron chi connectivity index (χ2n) is 10.6. The molecule has 3 heteroatoms. The van der Waals surface area contributed by atoms with Crippen LogP contribution in [0.1, 0.15) is 78.6 Å². The van der Waals surface area contributed by atoms with Crippen molar-refractivity contribution in [1.82, 2.24) is 0 Å². The van der Waals surface area contributed by atoms with Gasteiger partial charge in [0.05, 0.1) is 10.9 Å². The van der Waals surface area contributed by atoms with Gasteiger partial charge < -0.3 is 5.11 Å². The second-order valence-corrected chi connectivity index (χ2v) is 11.1. The third kappa shape index (κ3) is 2.62. The van der Waals surface area contributed by atoms with Crippen molar-refractivity contribution in [2.45, 2.75) is 84.2 Å². The number of halogens is 1. The zero-order valence-electron chi connectivity index (χ0n) is 16.2.